The van der Waals surface area contributed by atoms with Crippen molar-refractivity contribution in [3.63, 3.8) is 0 Å². The summed E-state index contributed by atoms with van der Waals surface area (Å²) in [6.45, 7) is 4.59. The van der Waals surface area contributed by atoms with Crippen LogP contribution in [0.5, 0.6) is 11.6 Å². The topological polar surface area (TPSA) is 43.4 Å². The minimum atomic E-state index is 0.0841. The van der Waals surface area contributed by atoms with Crippen LogP contribution in [0.25, 0.3) is 0 Å². The monoisotopic (exact) mass is 350 g/mol. The first-order valence-electron chi connectivity index (χ1n) is 6.78. The maximum absolute atomic E-state index is 5.70. The van der Waals surface area contributed by atoms with Crippen molar-refractivity contribution < 1.29 is 9.47 Å². The van der Waals surface area contributed by atoms with E-state index in [-0.39, 0.29) is 6.10 Å². The zero-order chi connectivity index (χ0) is 15.2. The van der Waals surface area contributed by atoms with E-state index >= 15 is 0 Å². The zero-order valence-corrected chi connectivity index (χ0v) is 14.0. The molecule has 4 nitrogen and oxygen atoms in total. The minimum Gasteiger partial charge on any atom is -0.496 e. The number of methoxy groups -OCH3 is 1. The van der Waals surface area contributed by atoms with Gasteiger partial charge in [-0.05, 0) is 44.2 Å². The van der Waals surface area contributed by atoms with Crippen molar-refractivity contribution in [1.82, 2.24) is 4.98 Å². The van der Waals surface area contributed by atoms with Gasteiger partial charge < -0.3 is 14.8 Å². The quantitative estimate of drug-likeness (QED) is 0.845. The molecule has 5 heteroatoms. The molecule has 0 unspecified atom stereocenters. The lowest BCUT2D eigenvalue weighted by atomic mass is 10.2. The number of nitrogens with zero attached hydrogens (tertiary/aromatic N) is 1. The van der Waals surface area contributed by atoms with E-state index < -0.39 is 0 Å². The molecule has 2 rings (SSSR count). The van der Waals surface area contributed by atoms with Crippen LogP contribution in [0.1, 0.15) is 19.4 Å². The molecule has 1 aromatic carbocycles. The van der Waals surface area contributed by atoms with Crippen molar-refractivity contribution in [1.29, 1.82) is 0 Å². The third-order valence-electron chi connectivity index (χ3n) is 2.83. The normalized spacial score (nSPS) is 10.5. The Labute approximate surface area is 133 Å². The van der Waals surface area contributed by atoms with Crippen LogP contribution in [0.15, 0.2) is 41.0 Å². The standard InChI is InChI=1S/C16H19BrN2O2/c1-11(2)21-16-14(5-4-8-18-16)19-10-12-9-13(17)6-7-15(12)20-3/h4-9,11,19H,10H2,1-3H3. The molecule has 0 atom stereocenters. The average Bonchev–Trinajstić information content (AvgIpc) is 2.46. The number of anilines is 1. The Morgan fingerprint density at radius 3 is 2.81 bits per heavy atom. The van der Waals surface area contributed by atoms with Crippen LogP contribution in [-0.4, -0.2) is 18.2 Å². The first-order valence-corrected chi connectivity index (χ1v) is 7.57. The number of rotatable bonds is 6. The van der Waals surface area contributed by atoms with Gasteiger partial charge in [0.2, 0.25) is 5.88 Å². The van der Waals surface area contributed by atoms with Gasteiger partial charge in [0.1, 0.15) is 5.75 Å². The molecule has 1 heterocycles. The van der Waals surface area contributed by atoms with Crippen LogP contribution >= 0.6 is 15.9 Å². The Morgan fingerprint density at radius 1 is 1.29 bits per heavy atom. The number of benzene rings is 1. The fraction of sp³-hybridized carbons (Fsp3) is 0.312. The number of halogens is 1. The van der Waals surface area contributed by atoms with Crippen molar-refractivity contribution >= 4 is 21.6 Å². The molecule has 0 saturated heterocycles. The fourth-order valence-corrected chi connectivity index (χ4v) is 2.33. The van der Waals surface area contributed by atoms with Crippen LogP contribution in [0.2, 0.25) is 0 Å². The average molecular weight is 351 g/mol. The van der Waals surface area contributed by atoms with E-state index in [1.54, 1.807) is 13.3 Å². The number of aromatic nitrogens is 1. The van der Waals surface area contributed by atoms with Crippen LogP contribution in [0.4, 0.5) is 5.69 Å². The third kappa shape index (κ3) is 4.36. The van der Waals surface area contributed by atoms with Gasteiger partial charge in [-0.3, -0.25) is 0 Å². The van der Waals surface area contributed by atoms with Gasteiger partial charge in [-0.15, -0.1) is 0 Å². The van der Waals surface area contributed by atoms with E-state index in [1.165, 1.54) is 0 Å². The van der Waals surface area contributed by atoms with Gasteiger partial charge in [0.25, 0.3) is 0 Å². The summed E-state index contributed by atoms with van der Waals surface area (Å²) >= 11 is 3.48. The SMILES string of the molecule is COc1ccc(Br)cc1CNc1cccnc1OC(C)C. The van der Waals surface area contributed by atoms with Crippen molar-refractivity contribution in [2.24, 2.45) is 0 Å². The molecule has 0 aliphatic rings. The van der Waals surface area contributed by atoms with Crippen LogP contribution in [0.3, 0.4) is 0 Å². The van der Waals surface area contributed by atoms with Crippen molar-refractivity contribution in [3.05, 3.63) is 46.6 Å². The molecule has 0 aliphatic heterocycles. The second-order valence-electron chi connectivity index (χ2n) is 4.83. The largest absolute Gasteiger partial charge is 0.496 e. The van der Waals surface area contributed by atoms with E-state index in [0.29, 0.717) is 12.4 Å². The highest BCUT2D eigenvalue weighted by Crippen LogP contribution is 2.26. The van der Waals surface area contributed by atoms with Gasteiger partial charge in [0.05, 0.1) is 18.9 Å². The first kappa shape index (κ1) is 15.6. The first-order chi connectivity index (χ1) is 10.1. The van der Waals surface area contributed by atoms with Crippen molar-refractivity contribution in [3.8, 4) is 11.6 Å². The number of pyridine rings is 1. The smallest absolute Gasteiger partial charge is 0.237 e. The lowest BCUT2D eigenvalue weighted by Crippen LogP contribution is -2.10. The summed E-state index contributed by atoms with van der Waals surface area (Å²) in [5, 5.41) is 3.35. The summed E-state index contributed by atoms with van der Waals surface area (Å²) in [4.78, 5) is 4.27. The third-order valence-corrected chi connectivity index (χ3v) is 3.32. The van der Waals surface area contributed by atoms with Gasteiger partial charge in [-0.25, -0.2) is 4.98 Å². The molecule has 0 saturated carbocycles. The van der Waals surface area contributed by atoms with Crippen LogP contribution in [0, 0.1) is 0 Å². The summed E-state index contributed by atoms with van der Waals surface area (Å²) in [5.74, 6) is 1.46. The molecule has 21 heavy (non-hydrogen) atoms. The lowest BCUT2D eigenvalue weighted by molar-refractivity contribution is 0.234. The second-order valence-corrected chi connectivity index (χ2v) is 5.75. The molecule has 0 aliphatic carbocycles. The molecule has 0 amide bonds. The molecule has 1 aromatic heterocycles. The van der Waals surface area contributed by atoms with E-state index in [4.69, 9.17) is 9.47 Å². The molecule has 0 fully saturated rings. The maximum Gasteiger partial charge on any atom is 0.237 e. The Bertz CT molecular complexity index is 603. The predicted molar refractivity (Wildman–Crippen MR) is 88.0 cm³/mol. The number of hydrogen-bond acceptors (Lipinski definition) is 4. The van der Waals surface area contributed by atoms with Gasteiger partial charge in [-0.2, -0.15) is 0 Å². The Balaban J connectivity index is 2.15. The highest BCUT2D eigenvalue weighted by atomic mass is 79.9. The summed E-state index contributed by atoms with van der Waals surface area (Å²) in [6, 6.07) is 9.77. The van der Waals surface area contributed by atoms with Crippen molar-refractivity contribution in [2.75, 3.05) is 12.4 Å². The van der Waals surface area contributed by atoms with Gasteiger partial charge >= 0.3 is 0 Å². The molecular formula is C16H19BrN2O2. The second kappa shape index (κ2) is 7.31. The zero-order valence-electron chi connectivity index (χ0n) is 12.4. The Morgan fingerprint density at radius 2 is 2.10 bits per heavy atom. The number of ether oxygens (including phenoxy) is 2. The lowest BCUT2D eigenvalue weighted by Gasteiger charge is -2.15. The highest BCUT2D eigenvalue weighted by Gasteiger charge is 2.08. The van der Waals surface area contributed by atoms with Crippen molar-refractivity contribution in [2.45, 2.75) is 26.5 Å². The Kier molecular flexibility index (Phi) is 5.44. The molecule has 2 aromatic rings. The highest BCUT2D eigenvalue weighted by molar-refractivity contribution is 9.10. The summed E-state index contributed by atoms with van der Waals surface area (Å²) in [5.41, 5.74) is 1.93. The maximum atomic E-state index is 5.70. The number of nitrogens with one attached hydrogen (secondary N) is 1. The summed E-state index contributed by atoms with van der Waals surface area (Å²) < 4.78 is 12.1. The van der Waals surface area contributed by atoms with E-state index in [9.17, 15) is 0 Å². The van der Waals surface area contributed by atoms with E-state index in [1.807, 2.05) is 44.2 Å². The Hall–Kier alpha value is -1.75. The number of hydrogen-bond donors (Lipinski definition) is 1. The van der Waals surface area contributed by atoms with E-state index in [0.717, 1.165) is 21.5 Å². The van der Waals surface area contributed by atoms with Gasteiger partial charge in [0, 0.05) is 22.8 Å². The van der Waals surface area contributed by atoms with Crippen LogP contribution in [-0.2, 0) is 6.54 Å². The van der Waals surface area contributed by atoms with E-state index in [2.05, 4.69) is 26.2 Å². The molecular weight excluding hydrogens is 332 g/mol. The predicted octanol–water partition coefficient (Wildman–Crippen LogP) is 4.25. The summed E-state index contributed by atoms with van der Waals surface area (Å²) in [6.07, 6.45) is 1.81. The van der Waals surface area contributed by atoms with Gasteiger partial charge in [-0.1, -0.05) is 15.9 Å². The van der Waals surface area contributed by atoms with Gasteiger partial charge in [0.15, 0.2) is 0 Å². The van der Waals surface area contributed by atoms with Crippen LogP contribution < -0.4 is 14.8 Å². The molecule has 0 spiro atoms. The molecule has 112 valence electrons. The molecule has 0 radical (unpaired) electrons. The minimum absolute atomic E-state index is 0.0841. The summed E-state index contributed by atoms with van der Waals surface area (Å²) in [7, 11) is 1.67. The fourth-order valence-electron chi connectivity index (χ4n) is 1.92. The molecule has 1 N–H and O–H groups in total. The molecule has 0 bridgehead atoms.